The monoisotopic (exact) mass is 304 g/mol. The fourth-order valence-corrected chi connectivity index (χ4v) is 4.49. The van der Waals surface area contributed by atoms with E-state index in [1.165, 1.54) is 29.8 Å². The van der Waals surface area contributed by atoms with Crippen molar-refractivity contribution in [1.29, 1.82) is 0 Å². The lowest BCUT2D eigenvalue weighted by molar-refractivity contribution is -0.120. The van der Waals surface area contributed by atoms with Gasteiger partial charge in [-0.2, -0.15) is 0 Å². The van der Waals surface area contributed by atoms with Crippen LogP contribution in [-0.4, -0.2) is 30.3 Å². The van der Waals surface area contributed by atoms with Gasteiger partial charge in [-0.15, -0.1) is 11.8 Å². The second kappa shape index (κ2) is 6.73. The highest BCUT2D eigenvalue weighted by Crippen LogP contribution is 2.37. The number of nitrogens with zero attached hydrogens (tertiary/aromatic N) is 1. The summed E-state index contributed by atoms with van der Waals surface area (Å²) in [5, 5.41) is 3.75. The SMILES string of the molecule is C[C@H]1CN(CC(=O)NC2CCCCC2)c2ccccc2S1. The molecule has 0 unspecified atom stereocenters. The van der Waals surface area contributed by atoms with E-state index in [-0.39, 0.29) is 5.91 Å². The molecule has 1 aliphatic carbocycles. The van der Waals surface area contributed by atoms with Gasteiger partial charge in [0.15, 0.2) is 0 Å². The number of anilines is 1. The topological polar surface area (TPSA) is 32.3 Å². The summed E-state index contributed by atoms with van der Waals surface area (Å²) in [4.78, 5) is 15.9. The minimum absolute atomic E-state index is 0.177. The highest BCUT2D eigenvalue weighted by molar-refractivity contribution is 8.00. The molecule has 1 heterocycles. The first-order valence-corrected chi connectivity index (χ1v) is 8.90. The van der Waals surface area contributed by atoms with Crippen molar-refractivity contribution >= 4 is 23.4 Å². The molecule has 2 aliphatic rings. The molecular weight excluding hydrogens is 280 g/mol. The van der Waals surface area contributed by atoms with Crippen molar-refractivity contribution < 1.29 is 4.79 Å². The largest absolute Gasteiger partial charge is 0.360 e. The maximum absolute atomic E-state index is 12.3. The normalized spacial score (nSPS) is 22.7. The summed E-state index contributed by atoms with van der Waals surface area (Å²) in [6.45, 7) is 3.66. The number of fused-ring (bicyclic) bond motifs is 1. The summed E-state index contributed by atoms with van der Waals surface area (Å²) in [6, 6.07) is 8.81. The molecule has 0 saturated heterocycles. The Morgan fingerprint density at radius 3 is 2.86 bits per heavy atom. The quantitative estimate of drug-likeness (QED) is 0.928. The first-order valence-electron chi connectivity index (χ1n) is 8.02. The van der Waals surface area contributed by atoms with E-state index in [1.807, 2.05) is 11.8 Å². The van der Waals surface area contributed by atoms with Gasteiger partial charge in [0.05, 0.1) is 12.2 Å². The van der Waals surface area contributed by atoms with E-state index >= 15 is 0 Å². The summed E-state index contributed by atoms with van der Waals surface area (Å²) in [7, 11) is 0. The van der Waals surface area contributed by atoms with Crippen LogP contribution in [0.4, 0.5) is 5.69 Å². The van der Waals surface area contributed by atoms with Crippen molar-refractivity contribution in [3.8, 4) is 0 Å². The van der Waals surface area contributed by atoms with Crippen molar-refractivity contribution in [2.75, 3.05) is 18.0 Å². The second-order valence-corrected chi connectivity index (χ2v) is 7.66. The number of para-hydroxylation sites is 1. The van der Waals surface area contributed by atoms with Gasteiger partial charge in [0.25, 0.3) is 0 Å². The van der Waals surface area contributed by atoms with Crippen LogP contribution in [0.15, 0.2) is 29.2 Å². The Kier molecular flexibility index (Phi) is 4.73. The minimum Gasteiger partial charge on any atom is -0.360 e. The number of hydrogen-bond acceptors (Lipinski definition) is 3. The maximum Gasteiger partial charge on any atom is 0.239 e. The molecule has 3 nitrogen and oxygen atoms in total. The van der Waals surface area contributed by atoms with Crippen LogP contribution < -0.4 is 10.2 Å². The fraction of sp³-hybridized carbons (Fsp3) is 0.588. The van der Waals surface area contributed by atoms with Crippen molar-refractivity contribution in [2.45, 2.75) is 55.2 Å². The number of carbonyl (C=O) groups is 1. The van der Waals surface area contributed by atoms with Crippen molar-refractivity contribution in [3.05, 3.63) is 24.3 Å². The van der Waals surface area contributed by atoms with Crippen molar-refractivity contribution in [2.24, 2.45) is 0 Å². The molecule has 4 heteroatoms. The zero-order valence-electron chi connectivity index (χ0n) is 12.7. The Hall–Kier alpha value is -1.16. The summed E-state index contributed by atoms with van der Waals surface area (Å²) < 4.78 is 0. The van der Waals surface area contributed by atoms with Crippen molar-refractivity contribution in [1.82, 2.24) is 5.32 Å². The van der Waals surface area contributed by atoms with Crippen LogP contribution in [0.5, 0.6) is 0 Å². The van der Waals surface area contributed by atoms with Gasteiger partial charge in [0, 0.05) is 22.7 Å². The van der Waals surface area contributed by atoms with Gasteiger partial charge in [-0.3, -0.25) is 4.79 Å². The van der Waals surface area contributed by atoms with Crippen LogP contribution in [0.25, 0.3) is 0 Å². The zero-order chi connectivity index (χ0) is 14.7. The van der Waals surface area contributed by atoms with Gasteiger partial charge in [-0.05, 0) is 25.0 Å². The van der Waals surface area contributed by atoms with Gasteiger partial charge in [0.2, 0.25) is 5.91 Å². The summed E-state index contributed by atoms with van der Waals surface area (Å²) in [6.07, 6.45) is 6.13. The number of rotatable bonds is 3. The van der Waals surface area contributed by atoms with Gasteiger partial charge < -0.3 is 10.2 Å². The standard InChI is InChI=1S/C17H24N2OS/c1-13-11-19(15-9-5-6-10-16(15)21-13)12-17(20)18-14-7-3-2-4-8-14/h5-6,9-10,13-14H,2-4,7-8,11-12H2,1H3,(H,18,20)/t13-/m0/s1. The molecule has 1 fully saturated rings. The van der Waals surface area contributed by atoms with E-state index in [9.17, 15) is 4.79 Å². The average Bonchev–Trinajstić information content (AvgIpc) is 2.48. The number of thioether (sulfide) groups is 1. The highest BCUT2D eigenvalue weighted by atomic mass is 32.2. The summed E-state index contributed by atoms with van der Waals surface area (Å²) in [5.74, 6) is 0.177. The third-order valence-corrected chi connectivity index (χ3v) is 5.47. The maximum atomic E-state index is 12.3. The smallest absolute Gasteiger partial charge is 0.239 e. The Bertz CT molecular complexity index is 499. The Balaban J connectivity index is 1.62. The summed E-state index contributed by atoms with van der Waals surface area (Å²) >= 11 is 1.90. The van der Waals surface area contributed by atoms with Gasteiger partial charge in [-0.25, -0.2) is 0 Å². The van der Waals surface area contributed by atoms with Gasteiger partial charge >= 0.3 is 0 Å². The third kappa shape index (κ3) is 3.73. The first kappa shape index (κ1) is 14.8. The molecule has 114 valence electrons. The van der Waals surface area contributed by atoms with E-state index in [0.29, 0.717) is 17.8 Å². The zero-order valence-corrected chi connectivity index (χ0v) is 13.5. The third-order valence-electron chi connectivity index (χ3n) is 4.32. The lowest BCUT2D eigenvalue weighted by Crippen LogP contribution is -2.45. The van der Waals surface area contributed by atoms with E-state index in [2.05, 4.69) is 41.4 Å². The molecule has 1 aromatic carbocycles. The molecule has 1 N–H and O–H groups in total. The molecular formula is C17H24N2OS. The van der Waals surface area contributed by atoms with Crippen LogP contribution in [0.1, 0.15) is 39.0 Å². The van der Waals surface area contributed by atoms with Crippen LogP contribution in [0, 0.1) is 0 Å². The molecule has 0 radical (unpaired) electrons. The fourth-order valence-electron chi connectivity index (χ4n) is 3.32. The van der Waals surface area contributed by atoms with E-state index in [0.717, 1.165) is 19.4 Å². The van der Waals surface area contributed by atoms with Crippen LogP contribution in [0.3, 0.4) is 0 Å². The van der Waals surface area contributed by atoms with Crippen LogP contribution in [-0.2, 0) is 4.79 Å². The number of benzene rings is 1. The molecule has 1 aromatic rings. The number of nitrogens with one attached hydrogen (secondary N) is 1. The number of amides is 1. The average molecular weight is 304 g/mol. The van der Waals surface area contributed by atoms with Crippen LogP contribution in [0.2, 0.25) is 0 Å². The minimum atomic E-state index is 0.177. The van der Waals surface area contributed by atoms with E-state index in [4.69, 9.17) is 0 Å². The highest BCUT2D eigenvalue weighted by Gasteiger charge is 2.24. The molecule has 0 aromatic heterocycles. The number of carbonyl (C=O) groups excluding carboxylic acids is 1. The Morgan fingerprint density at radius 2 is 2.05 bits per heavy atom. The lowest BCUT2D eigenvalue weighted by Gasteiger charge is -2.34. The molecule has 1 atom stereocenters. The lowest BCUT2D eigenvalue weighted by atomic mass is 9.95. The molecule has 21 heavy (non-hydrogen) atoms. The molecule has 0 spiro atoms. The molecule has 1 amide bonds. The predicted molar refractivity (Wildman–Crippen MR) is 89.0 cm³/mol. The van der Waals surface area contributed by atoms with Gasteiger partial charge in [-0.1, -0.05) is 38.3 Å². The molecule has 0 bridgehead atoms. The Labute approximate surface area is 131 Å². The first-order chi connectivity index (χ1) is 10.2. The molecule has 1 aliphatic heterocycles. The van der Waals surface area contributed by atoms with Gasteiger partial charge in [0.1, 0.15) is 0 Å². The van der Waals surface area contributed by atoms with Crippen molar-refractivity contribution in [3.63, 3.8) is 0 Å². The van der Waals surface area contributed by atoms with E-state index in [1.54, 1.807) is 0 Å². The van der Waals surface area contributed by atoms with Crippen LogP contribution >= 0.6 is 11.8 Å². The molecule has 3 rings (SSSR count). The predicted octanol–water partition coefficient (Wildman–Crippen LogP) is 3.44. The molecule has 1 saturated carbocycles. The Morgan fingerprint density at radius 1 is 1.29 bits per heavy atom. The summed E-state index contributed by atoms with van der Waals surface area (Å²) in [5.41, 5.74) is 1.21. The second-order valence-electron chi connectivity index (χ2n) is 6.18. The van der Waals surface area contributed by atoms with E-state index < -0.39 is 0 Å². The number of hydrogen-bond donors (Lipinski definition) is 1.